The highest BCUT2D eigenvalue weighted by Gasteiger charge is 2.12. The van der Waals surface area contributed by atoms with Gasteiger partial charge in [0.05, 0.1) is 25.9 Å². The van der Waals surface area contributed by atoms with E-state index >= 15 is 0 Å². The summed E-state index contributed by atoms with van der Waals surface area (Å²) in [7, 11) is 3.18. The van der Waals surface area contributed by atoms with Gasteiger partial charge in [0.15, 0.2) is 23.0 Å². The van der Waals surface area contributed by atoms with Crippen LogP contribution in [0.25, 0.3) is 17.0 Å². The van der Waals surface area contributed by atoms with Crippen molar-refractivity contribution in [3.05, 3.63) is 42.1 Å². The lowest BCUT2D eigenvalue weighted by molar-refractivity contribution is 0.355. The predicted octanol–water partition coefficient (Wildman–Crippen LogP) is 2.29. The predicted molar refractivity (Wildman–Crippen MR) is 76.2 cm³/mol. The Morgan fingerprint density at radius 1 is 1.05 bits per heavy atom. The summed E-state index contributed by atoms with van der Waals surface area (Å²) in [6.45, 7) is 0. The number of methoxy groups -OCH3 is 2. The number of hydrogen-bond donors (Lipinski definition) is 0. The highest BCUT2D eigenvalue weighted by atomic mass is 16.5. The van der Waals surface area contributed by atoms with Crippen LogP contribution in [0.2, 0.25) is 0 Å². The fraction of sp³-hybridized carbons (Fsp3) is 0.133. The molecule has 0 radical (unpaired) electrons. The van der Waals surface area contributed by atoms with Crippen molar-refractivity contribution in [2.75, 3.05) is 14.2 Å². The first-order valence-electron chi connectivity index (χ1n) is 6.24. The van der Waals surface area contributed by atoms with Crippen LogP contribution in [0.4, 0.5) is 0 Å². The Hall–Kier alpha value is -3.07. The zero-order valence-corrected chi connectivity index (χ0v) is 11.6. The zero-order valence-electron chi connectivity index (χ0n) is 11.6. The maximum Gasteiger partial charge on any atom is 0.168 e. The van der Waals surface area contributed by atoms with Crippen LogP contribution in [0.5, 0.6) is 11.5 Å². The van der Waals surface area contributed by atoms with Gasteiger partial charge in [-0.15, -0.1) is 10.2 Å². The largest absolute Gasteiger partial charge is 0.493 e. The van der Waals surface area contributed by atoms with Crippen molar-refractivity contribution in [3.8, 4) is 29.0 Å². The van der Waals surface area contributed by atoms with Gasteiger partial charge in [0.2, 0.25) is 0 Å². The van der Waals surface area contributed by atoms with Crippen LogP contribution >= 0.6 is 0 Å². The van der Waals surface area contributed by atoms with Gasteiger partial charge in [0, 0.05) is 17.8 Å². The fourth-order valence-electron chi connectivity index (χ4n) is 2.13. The van der Waals surface area contributed by atoms with Gasteiger partial charge in [-0.25, -0.2) is 0 Å². The highest BCUT2D eigenvalue weighted by Crippen LogP contribution is 2.31. The lowest BCUT2D eigenvalue weighted by atomic mass is 10.2. The summed E-state index contributed by atoms with van der Waals surface area (Å²) in [4.78, 5) is 0. The van der Waals surface area contributed by atoms with E-state index < -0.39 is 0 Å². The highest BCUT2D eigenvalue weighted by molar-refractivity contribution is 5.64. The van der Waals surface area contributed by atoms with Crippen molar-refractivity contribution in [1.82, 2.24) is 14.6 Å². The molecule has 1 aromatic carbocycles. The number of benzene rings is 1. The number of rotatable bonds is 3. The summed E-state index contributed by atoms with van der Waals surface area (Å²) in [6, 6.07) is 11.0. The molecule has 21 heavy (non-hydrogen) atoms. The molecule has 0 amide bonds. The Bertz CT molecular complexity index is 848. The van der Waals surface area contributed by atoms with Crippen molar-refractivity contribution < 1.29 is 9.47 Å². The molecule has 0 atom stereocenters. The van der Waals surface area contributed by atoms with Crippen LogP contribution < -0.4 is 9.47 Å². The smallest absolute Gasteiger partial charge is 0.168 e. The molecule has 2 aromatic heterocycles. The third kappa shape index (κ3) is 2.15. The van der Waals surface area contributed by atoms with Gasteiger partial charge in [0.1, 0.15) is 0 Å². The van der Waals surface area contributed by atoms with E-state index in [1.165, 1.54) is 0 Å². The molecular formula is C15H12N4O2. The quantitative estimate of drug-likeness (QED) is 0.736. The van der Waals surface area contributed by atoms with Gasteiger partial charge in [-0.2, -0.15) is 5.26 Å². The summed E-state index contributed by atoms with van der Waals surface area (Å²) < 4.78 is 12.3. The van der Waals surface area contributed by atoms with Crippen LogP contribution in [0, 0.1) is 11.3 Å². The Morgan fingerprint density at radius 3 is 2.57 bits per heavy atom. The Morgan fingerprint density at radius 2 is 1.86 bits per heavy atom. The lowest BCUT2D eigenvalue weighted by Gasteiger charge is -2.08. The number of ether oxygens (including phenoxy) is 2. The van der Waals surface area contributed by atoms with E-state index in [-0.39, 0.29) is 0 Å². The molecule has 0 saturated heterocycles. The normalized spacial score (nSPS) is 10.3. The minimum atomic E-state index is 0.550. The first-order valence-corrected chi connectivity index (χ1v) is 6.24. The van der Waals surface area contributed by atoms with Crippen molar-refractivity contribution in [3.63, 3.8) is 0 Å². The Balaban J connectivity index is 2.15. The monoisotopic (exact) mass is 280 g/mol. The molecule has 0 N–H and O–H groups in total. The van der Waals surface area contributed by atoms with E-state index in [9.17, 15) is 0 Å². The second-order valence-electron chi connectivity index (χ2n) is 4.35. The Kier molecular flexibility index (Phi) is 3.16. The molecule has 3 rings (SSSR count). The van der Waals surface area contributed by atoms with E-state index in [2.05, 4.69) is 16.3 Å². The minimum Gasteiger partial charge on any atom is -0.493 e. The molecule has 0 fully saturated rings. The lowest BCUT2D eigenvalue weighted by Crippen LogP contribution is -1.93. The summed E-state index contributed by atoms with van der Waals surface area (Å²) in [5.74, 6) is 1.96. The first-order chi connectivity index (χ1) is 10.3. The summed E-state index contributed by atoms with van der Waals surface area (Å²) in [5.41, 5.74) is 2.03. The van der Waals surface area contributed by atoms with Gasteiger partial charge >= 0.3 is 0 Å². The van der Waals surface area contributed by atoms with Crippen LogP contribution in [0.3, 0.4) is 0 Å². The molecular weight excluding hydrogens is 268 g/mol. The molecule has 2 heterocycles. The molecule has 0 aliphatic heterocycles. The topological polar surface area (TPSA) is 72.4 Å². The molecule has 0 saturated carbocycles. The molecule has 0 spiro atoms. The molecule has 0 bridgehead atoms. The van der Waals surface area contributed by atoms with Crippen molar-refractivity contribution in [2.45, 2.75) is 0 Å². The van der Waals surface area contributed by atoms with E-state index in [1.807, 2.05) is 22.6 Å². The maximum absolute atomic E-state index is 8.91. The first kappa shape index (κ1) is 12.9. The van der Waals surface area contributed by atoms with Crippen molar-refractivity contribution in [1.29, 1.82) is 5.26 Å². The fourth-order valence-corrected chi connectivity index (χ4v) is 2.13. The van der Waals surface area contributed by atoms with E-state index in [4.69, 9.17) is 14.7 Å². The van der Waals surface area contributed by atoms with Crippen LogP contribution in [0.15, 0.2) is 36.5 Å². The molecule has 6 heteroatoms. The average Bonchev–Trinajstić information content (AvgIpc) is 2.97. The molecule has 104 valence electrons. The van der Waals surface area contributed by atoms with Gasteiger partial charge in [-0.3, -0.25) is 4.40 Å². The van der Waals surface area contributed by atoms with Gasteiger partial charge in [-0.05, 0) is 24.3 Å². The second-order valence-corrected chi connectivity index (χ2v) is 4.35. The zero-order chi connectivity index (χ0) is 14.8. The Labute approximate surface area is 121 Å². The van der Waals surface area contributed by atoms with Gasteiger partial charge in [0.25, 0.3) is 0 Å². The number of hydrogen-bond acceptors (Lipinski definition) is 5. The molecule has 0 aliphatic rings. The number of pyridine rings is 1. The van der Waals surface area contributed by atoms with E-state index in [0.29, 0.717) is 28.5 Å². The SMILES string of the molecule is COc1ccc(-c2nnc3cc(C#N)ccn23)cc1OC. The molecule has 0 aliphatic carbocycles. The average molecular weight is 280 g/mol. The van der Waals surface area contributed by atoms with E-state index in [0.717, 1.165) is 5.56 Å². The molecule has 0 unspecified atom stereocenters. The number of fused-ring (bicyclic) bond motifs is 1. The van der Waals surface area contributed by atoms with Gasteiger partial charge < -0.3 is 9.47 Å². The van der Waals surface area contributed by atoms with Crippen LogP contribution in [-0.4, -0.2) is 28.8 Å². The number of nitrogens with zero attached hydrogens (tertiary/aromatic N) is 4. The number of nitriles is 1. The van der Waals surface area contributed by atoms with Crippen LogP contribution in [-0.2, 0) is 0 Å². The van der Waals surface area contributed by atoms with Crippen molar-refractivity contribution >= 4 is 5.65 Å². The molecule has 6 nitrogen and oxygen atoms in total. The maximum atomic E-state index is 8.91. The molecule has 3 aromatic rings. The van der Waals surface area contributed by atoms with Gasteiger partial charge in [-0.1, -0.05) is 0 Å². The van der Waals surface area contributed by atoms with Crippen LogP contribution in [0.1, 0.15) is 5.56 Å². The summed E-state index contributed by atoms with van der Waals surface area (Å²) in [5, 5.41) is 17.2. The summed E-state index contributed by atoms with van der Waals surface area (Å²) in [6.07, 6.45) is 1.78. The standard InChI is InChI=1S/C15H12N4O2/c1-20-12-4-3-11(8-13(12)21-2)15-18-17-14-7-10(9-16)5-6-19(14)15/h3-8H,1-2H3. The van der Waals surface area contributed by atoms with Crippen molar-refractivity contribution in [2.24, 2.45) is 0 Å². The minimum absolute atomic E-state index is 0.550. The summed E-state index contributed by atoms with van der Waals surface area (Å²) >= 11 is 0. The number of aromatic nitrogens is 3. The third-order valence-corrected chi connectivity index (χ3v) is 3.18. The second kappa shape index (κ2) is 5.13. The third-order valence-electron chi connectivity index (χ3n) is 3.18. The van der Waals surface area contributed by atoms with E-state index in [1.54, 1.807) is 32.5 Å².